The normalized spacial score (nSPS) is 16.3. The summed E-state index contributed by atoms with van der Waals surface area (Å²) in [5.41, 5.74) is 3.52. The summed E-state index contributed by atoms with van der Waals surface area (Å²) in [6, 6.07) is 11.1. The van der Waals surface area contributed by atoms with Crippen LogP contribution in [0.1, 0.15) is 23.6 Å². The third-order valence-corrected chi connectivity index (χ3v) is 8.34. The number of hydrogen-bond donors (Lipinski definition) is 1. The summed E-state index contributed by atoms with van der Waals surface area (Å²) in [7, 11) is -3.63. The van der Waals surface area contributed by atoms with Crippen molar-refractivity contribution in [1.82, 2.24) is 4.31 Å². The molecule has 1 aliphatic heterocycles. The number of morpholine rings is 1. The van der Waals surface area contributed by atoms with E-state index in [2.05, 4.69) is 18.3 Å². The van der Waals surface area contributed by atoms with Crippen LogP contribution in [0, 0.1) is 20.8 Å². The molecular formula is C22H28N2O4S2. The highest BCUT2D eigenvalue weighted by molar-refractivity contribution is 8.00. The Hall–Kier alpha value is -1.87. The van der Waals surface area contributed by atoms with Crippen LogP contribution in [0.4, 0.5) is 5.69 Å². The molecule has 8 heteroatoms. The zero-order valence-electron chi connectivity index (χ0n) is 17.8. The number of hydrogen-bond acceptors (Lipinski definition) is 5. The fourth-order valence-electron chi connectivity index (χ4n) is 3.17. The molecule has 0 radical (unpaired) electrons. The standard InChI is InChI=1S/C22H28N2O4S2/c1-15-6-8-20(13-17(15)3)29-18(4)22(25)23-19-7-5-16(2)21(14-19)30(26,27)24-9-11-28-12-10-24/h5-8,13-14,18H,9-12H2,1-4H3,(H,23,25). The maximum absolute atomic E-state index is 13.0. The highest BCUT2D eigenvalue weighted by Crippen LogP contribution is 2.28. The second-order valence-corrected chi connectivity index (χ2v) is 10.8. The van der Waals surface area contributed by atoms with Crippen LogP contribution in [0.5, 0.6) is 0 Å². The molecule has 6 nitrogen and oxygen atoms in total. The summed E-state index contributed by atoms with van der Waals surface area (Å²) in [5, 5.41) is 2.54. The van der Waals surface area contributed by atoms with E-state index in [1.54, 1.807) is 25.1 Å². The van der Waals surface area contributed by atoms with Crippen LogP contribution in [0.3, 0.4) is 0 Å². The summed E-state index contributed by atoms with van der Waals surface area (Å²) in [4.78, 5) is 14.0. The van der Waals surface area contributed by atoms with Crippen LogP contribution >= 0.6 is 11.8 Å². The van der Waals surface area contributed by atoms with Crippen molar-refractivity contribution in [2.45, 2.75) is 42.7 Å². The van der Waals surface area contributed by atoms with Gasteiger partial charge in [-0.2, -0.15) is 4.31 Å². The SMILES string of the molecule is Cc1ccc(SC(C)C(=O)Nc2ccc(C)c(S(=O)(=O)N3CCOCC3)c2)cc1C. The van der Waals surface area contributed by atoms with Crippen molar-refractivity contribution in [2.75, 3.05) is 31.6 Å². The third kappa shape index (κ3) is 5.24. The summed E-state index contributed by atoms with van der Waals surface area (Å²) in [5.74, 6) is -0.170. The number of ether oxygens (including phenoxy) is 1. The van der Waals surface area contributed by atoms with E-state index in [0.717, 1.165) is 4.90 Å². The zero-order valence-corrected chi connectivity index (χ0v) is 19.4. The first-order valence-electron chi connectivity index (χ1n) is 9.92. The van der Waals surface area contributed by atoms with Crippen molar-refractivity contribution in [3.8, 4) is 0 Å². The summed E-state index contributed by atoms with van der Waals surface area (Å²) >= 11 is 1.48. The van der Waals surface area contributed by atoms with E-state index in [9.17, 15) is 13.2 Å². The van der Waals surface area contributed by atoms with Gasteiger partial charge in [0.2, 0.25) is 15.9 Å². The summed E-state index contributed by atoms with van der Waals surface area (Å²) in [6.45, 7) is 9.16. The Morgan fingerprint density at radius 3 is 2.37 bits per heavy atom. The van der Waals surface area contributed by atoms with E-state index in [0.29, 0.717) is 37.6 Å². The van der Waals surface area contributed by atoms with Gasteiger partial charge >= 0.3 is 0 Å². The lowest BCUT2D eigenvalue weighted by atomic mass is 10.1. The van der Waals surface area contributed by atoms with E-state index in [1.807, 2.05) is 26.0 Å². The van der Waals surface area contributed by atoms with Gasteiger partial charge < -0.3 is 10.1 Å². The second-order valence-electron chi connectivity index (χ2n) is 7.49. The lowest BCUT2D eigenvalue weighted by molar-refractivity contribution is -0.115. The number of rotatable bonds is 6. The highest BCUT2D eigenvalue weighted by atomic mass is 32.2. The Morgan fingerprint density at radius 2 is 1.70 bits per heavy atom. The van der Waals surface area contributed by atoms with Crippen LogP contribution < -0.4 is 5.32 Å². The molecule has 3 rings (SSSR count). The lowest BCUT2D eigenvalue weighted by Crippen LogP contribution is -2.40. The van der Waals surface area contributed by atoms with Crippen LogP contribution in [0.2, 0.25) is 0 Å². The minimum Gasteiger partial charge on any atom is -0.379 e. The number of nitrogens with zero attached hydrogens (tertiary/aromatic N) is 1. The molecule has 1 aliphatic rings. The molecule has 2 aromatic carbocycles. The van der Waals surface area contributed by atoms with Gasteiger partial charge in [-0.1, -0.05) is 12.1 Å². The predicted octanol–water partition coefficient (Wildman–Crippen LogP) is 3.75. The number of carbonyl (C=O) groups is 1. The van der Waals surface area contributed by atoms with Gasteiger partial charge in [0.05, 0.1) is 23.4 Å². The molecule has 1 amide bonds. The molecule has 0 spiro atoms. The van der Waals surface area contributed by atoms with Crippen molar-refractivity contribution in [3.63, 3.8) is 0 Å². The quantitative estimate of drug-likeness (QED) is 0.681. The number of nitrogens with one attached hydrogen (secondary N) is 1. The highest BCUT2D eigenvalue weighted by Gasteiger charge is 2.28. The zero-order chi connectivity index (χ0) is 21.9. The molecule has 1 N–H and O–H groups in total. The van der Waals surface area contributed by atoms with Crippen molar-refractivity contribution in [2.24, 2.45) is 0 Å². The Morgan fingerprint density at radius 1 is 1.03 bits per heavy atom. The topological polar surface area (TPSA) is 75.7 Å². The third-order valence-electron chi connectivity index (χ3n) is 5.20. The lowest BCUT2D eigenvalue weighted by Gasteiger charge is -2.27. The monoisotopic (exact) mass is 448 g/mol. The minimum absolute atomic E-state index is 0.170. The summed E-state index contributed by atoms with van der Waals surface area (Å²) in [6.07, 6.45) is 0. The van der Waals surface area contributed by atoms with Crippen LogP contribution in [0.15, 0.2) is 46.2 Å². The molecule has 1 saturated heterocycles. The number of anilines is 1. The number of thioether (sulfide) groups is 1. The smallest absolute Gasteiger partial charge is 0.243 e. The largest absolute Gasteiger partial charge is 0.379 e. The molecule has 0 aliphatic carbocycles. The van der Waals surface area contributed by atoms with Gasteiger partial charge in [-0.15, -0.1) is 11.8 Å². The molecule has 1 unspecified atom stereocenters. The molecule has 2 aromatic rings. The van der Waals surface area contributed by atoms with Gasteiger partial charge in [0.25, 0.3) is 0 Å². The molecule has 0 bridgehead atoms. The predicted molar refractivity (Wildman–Crippen MR) is 121 cm³/mol. The van der Waals surface area contributed by atoms with Crippen molar-refractivity contribution < 1.29 is 17.9 Å². The van der Waals surface area contributed by atoms with Crippen molar-refractivity contribution in [1.29, 1.82) is 0 Å². The van der Waals surface area contributed by atoms with Gasteiger partial charge in [0, 0.05) is 23.7 Å². The van der Waals surface area contributed by atoms with Crippen molar-refractivity contribution in [3.05, 3.63) is 53.1 Å². The van der Waals surface area contributed by atoms with Crippen molar-refractivity contribution >= 4 is 33.4 Å². The molecule has 1 heterocycles. The van der Waals surface area contributed by atoms with Crippen LogP contribution in [0.25, 0.3) is 0 Å². The Bertz CT molecular complexity index is 1030. The van der Waals surface area contributed by atoms with Gasteiger partial charge in [0.1, 0.15) is 0 Å². The van der Waals surface area contributed by atoms with E-state index in [1.165, 1.54) is 27.2 Å². The minimum atomic E-state index is -3.63. The Labute approximate surface area is 183 Å². The molecule has 1 fully saturated rings. The first kappa shape index (κ1) is 22.8. The Kier molecular flexibility index (Phi) is 7.23. The molecule has 0 aromatic heterocycles. The number of aryl methyl sites for hydroxylation is 3. The molecule has 1 atom stereocenters. The number of amides is 1. The number of sulfonamides is 1. The first-order chi connectivity index (χ1) is 14.2. The van der Waals surface area contributed by atoms with Gasteiger partial charge in [-0.05, 0) is 68.7 Å². The number of carbonyl (C=O) groups excluding carboxylic acids is 1. The van der Waals surface area contributed by atoms with Gasteiger partial charge in [-0.3, -0.25) is 4.79 Å². The average molecular weight is 449 g/mol. The average Bonchev–Trinajstić information content (AvgIpc) is 2.72. The molecule has 162 valence electrons. The fraction of sp³-hybridized carbons (Fsp3) is 0.409. The Balaban J connectivity index is 1.74. The summed E-state index contributed by atoms with van der Waals surface area (Å²) < 4.78 is 32.8. The maximum atomic E-state index is 13.0. The van der Waals surface area contributed by atoms with E-state index >= 15 is 0 Å². The fourth-order valence-corrected chi connectivity index (χ4v) is 5.79. The van der Waals surface area contributed by atoms with Crippen LogP contribution in [-0.4, -0.2) is 50.2 Å². The second kappa shape index (κ2) is 9.51. The molecule has 30 heavy (non-hydrogen) atoms. The van der Waals surface area contributed by atoms with Crippen LogP contribution in [-0.2, 0) is 19.6 Å². The van der Waals surface area contributed by atoms with Gasteiger partial charge in [0.15, 0.2) is 0 Å². The molecule has 0 saturated carbocycles. The van der Waals surface area contributed by atoms with E-state index in [4.69, 9.17) is 4.74 Å². The van der Waals surface area contributed by atoms with E-state index in [-0.39, 0.29) is 16.1 Å². The van der Waals surface area contributed by atoms with E-state index < -0.39 is 10.0 Å². The number of benzene rings is 2. The maximum Gasteiger partial charge on any atom is 0.243 e. The molecular weight excluding hydrogens is 420 g/mol. The van der Waals surface area contributed by atoms with Gasteiger partial charge in [-0.25, -0.2) is 8.42 Å². The first-order valence-corrected chi connectivity index (χ1v) is 12.2.